The Morgan fingerprint density at radius 2 is 2.04 bits per heavy atom. The SMILES string of the molecule is CC(=O)O[C@H]1CC/C(C)=C/CC/C(C)=C/[C@H]2O[C@]1(C)CC[C@@H]2[C@@](C)(O)CO. The number of esters is 1. The highest BCUT2D eigenvalue weighted by Crippen LogP contribution is 2.42. The molecule has 5 heteroatoms. The second kappa shape index (κ2) is 8.89. The normalized spacial score (nSPS) is 38.9. The Bertz CT molecular complexity index is 592. The molecule has 1 fully saturated rings. The fourth-order valence-corrected chi connectivity index (χ4v) is 4.29. The van der Waals surface area contributed by atoms with E-state index >= 15 is 0 Å². The Hall–Kier alpha value is -1.17. The van der Waals surface area contributed by atoms with Crippen molar-refractivity contribution in [3.05, 3.63) is 23.3 Å². The summed E-state index contributed by atoms with van der Waals surface area (Å²) in [6.45, 7) is 9.00. The Kier molecular flexibility index (Phi) is 7.28. The second-order valence-corrected chi connectivity index (χ2v) is 8.79. The minimum Gasteiger partial charge on any atom is -0.459 e. The molecule has 2 N–H and O–H groups in total. The van der Waals surface area contributed by atoms with Crippen LogP contribution in [0.2, 0.25) is 0 Å². The van der Waals surface area contributed by atoms with E-state index in [9.17, 15) is 15.0 Å². The van der Waals surface area contributed by atoms with Crippen molar-refractivity contribution < 1.29 is 24.5 Å². The van der Waals surface area contributed by atoms with Crippen LogP contribution in [0, 0.1) is 5.92 Å². The summed E-state index contributed by atoms with van der Waals surface area (Å²) in [7, 11) is 0. The van der Waals surface area contributed by atoms with E-state index in [0.717, 1.165) is 25.7 Å². The molecule has 5 nitrogen and oxygen atoms in total. The fraction of sp³-hybridized carbons (Fsp3) is 0.773. The van der Waals surface area contributed by atoms with Gasteiger partial charge < -0.3 is 19.7 Å². The van der Waals surface area contributed by atoms with Crippen LogP contribution >= 0.6 is 0 Å². The third-order valence-electron chi connectivity index (χ3n) is 6.14. The first-order chi connectivity index (χ1) is 12.6. The number of fused-ring (bicyclic) bond motifs is 2. The molecule has 0 spiro atoms. The van der Waals surface area contributed by atoms with Gasteiger partial charge in [0.1, 0.15) is 11.7 Å². The summed E-state index contributed by atoms with van der Waals surface area (Å²) in [5.74, 6) is -0.505. The molecule has 0 radical (unpaired) electrons. The van der Waals surface area contributed by atoms with E-state index in [0.29, 0.717) is 12.8 Å². The molecule has 27 heavy (non-hydrogen) atoms. The van der Waals surface area contributed by atoms with Gasteiger partial charge in [0.2, 0.25) is 0 Å². The topological polar surface area (TPSA) is 76.0 Å². The lowest BCUT2D eigenvalue weighted by Crippen LogP contribution is -2.56. The third-order valence-corrected chi connectivity index (χ3v) is 6.14. The average Bonchev–Trinajstić information content (AvgIpc) is 2.57. The Labute approximate surface area is 163 Å². The zero-order valence-electron chi connectivity index (χ0n) is 17.5. The number of carbonyl (C=O) groups is 1. The van der Waals surface area contributed by atoms with Crippen LogP contribution in [-0.4, -0.2) is 46.2 Å². The summed E-state index contributed by atoms with van der Waals surface area (Å²) in [6, 6.07) is 0. The van der Waals surface area contributed by atoms with Gasteiger partial charge in [0.25, 0.3) is 0 Å². The predicted molar refractivity (Wildman–Crippen MR) is 105 cm³/mol. The number of aliphatic hydroxyl groups excluding tert-OH is 1. The van der Waals surface area contributed by atoms with E-state index in [2.05, 4.69) is 26.0 Å². The van der Waals surface area contributed by atoms with Crippen LogP contribution in [0.25, 0.3) is 0 Å². The zero-order chi connectivity index (χ0) is 20.2. The van der Waals surface area contributed by atoms with E-state index < -0.39 is 11.2 Å². The number of rotatable bonds is 3. The monoisotopic (exact) mass is 380 g/mol. The summed E-state index contributed by atoms with van der Waals surface area (Å²) >= 11 is 0. The summed E-state index contributed by atoms with van der Waals surface area (Å²) in [5, 5.41) is 20.4. The number of carbonyl (C=O) groups excluding carboxylic acids is 1. The molecule has 154 valence electrons. The number of hydrogen-bond acceptors (Lipinski definition) is 5. The Morgan fingerprint density at radius 1 is 1.33 bits per heavy atom. The quantitative estimate of drug-likeness (QED) is 0.577. The number of aliphatic hydroxyl groups is 2. The zero-order valence-corrected chi connectivity index (χ0v) is 17.5. The van der Waals surface area contributed by atoms with E-state index in [-0.39, 0.29) is 30.7 Å². The van der Waals surface area contributed by atoms with Crippen LogP contribution in [0.5, 0.6) is 0 Å². The highest BCUT2D eigenvalue weighted by Gasteiger charge is 2.49. The van der Waals surface area contributed by atoms with Crippen LogP contribution in [0.3, 0.4) is 0 Å². The molecule has 2 bridgehead atoms. The third kappa shape index (κ3) is 5.66. The molecule has 2 aliphatic heterocycles. The van der Waals surface area contributed by atoms with Crippen LogP contribution < -0.4 is 0 Å². The summed E-state index contributed by atoms with van der Waals surface area (Å²) in [5.41, 5.74) is 0.677. The fourth-order valence-electron chi connectivity index (χ4n) is 4.29. The van der Waals surface area contributed by atoms with Gasteiger partial charge in [0.05, 0.1) is 18.3 Å². The van der Waals surface area contributed by atoms with Crippen molar-refractivity contribution >= 4 is 5.97 Å². The minimum atomic E-state index is -1.22. The summed E-state index contributed by atoms with van der Waals surface area (Å²) in [4.78, 5) is 11.7. The van der Waals surface area contributed by atoms with Gasteiger partial charge in [0, 0.05) is 12.8 Å². The molecule has 2 aliphatic rings. The maximum atomic E-state index is 11.7. The first-order valence-corrected chi connectivity index (χ1v) is 10.1. The number of hydrogen-bond donors (Lipinski definition) is 2. The lowest BCUT2D eigenvalue weighted by atomic mass is 9.74. The molecule has 0 aromatic rings. The molecule has 5 atom stereocenters. The van der Waals surface area contributed by atoms with Crippen molar-refractivity contribution in [3.8, 4) is 0 Å². The molecule has 2 rings (SSSR count). The average molecular weight is 381 g/mol. The minimum absolute atomic E-state index is 0.205. The lowest BCUT2D eigenvalue weighted by Gasteiger charge is -2.49. The predicted octanol–water partition coefficient (Wildman–Crippen LogP) is 3.68. The Morgan fingerprint density at radius 3 is 2.67 bits per heavy atom. The molecule has 0 aliphatic carbocycles. The van der Waals surface area contributed by atoms with Crippen LogP contribution in [0.15, 0.2) is 23.3 Å². The van der Waals surface area contributed by atoms with Crippen LogP contribution in [0.4, 0.5) is 0 Å². The first kappa shape index (κ1) is 22.1. The summed E-state index contributed by atoms with van der Waals surface area (Å²) < 4.78 is 12.2. The van der Waals surface area contributed by atoms with E-state index in [1.807, 2.05) is 6.92 Å². The van der Waals surface area contributed by atoms with E-state index in [4.69, 9.17) is 9.47 Å². The highest BCUT2D eigenvalue weighted by atomic mass is 16.6. The van der Waals surface area contributed by atoms with Gasteiger partial charge in [-0.15, -0.1) is 0 Å². The van der Waals surface area contributed by atoms with Crippen molar-refractivity contribution in [1.29, 1.82) is 0 Å². The van der Waals surface area contributed by atoms with Gasteiger partial charge in [-0.2, -0.15) is 0 Å². The van der Waals surface area contributed by atoms with Crippen molar-refractivity contribution in [1.82, 2.24) is 0 Å². The molecule has 0 aromatic carbocycles. The maximum Gasteiger partial charge on any atom is 0.303 e. The van der Waals surface area contributed by atoms with Gasteiger partial charge in [0.15, 0.2) is 0 Å². The van der Waals surface area contributed by atoms with E-state index in [1.54, 1.807) is 6.92 Å². The molecule has 1 saturated heterocycles. The van der Waals surface area contributed by atoms with Gasteiger partial charge in [-0.05, 0) is 66.2 Å². The molecule has 0 aromatic heterocycles. The molecule has 0 saturated carbocycles. The van der Waals surface area contributed by atoms with Crippen LogP contribution in [0.1, 0.15) is 73.1 Å². The van der Waals surface area contributed by atoms with Crippen LogP contribution in [-0.2, 0) is 14.3 Å². The van der Waals surface area contributed by atoms with Gasteiger partial charge >= 0.3 is 5.97 Å². The van der Waals surface area contributed by atoms with Crippen molar-refractivity contribution in [2.45, 2.75) is 96.6 Å². The number of allylic oxidation sites excluding steroid dienone is 3. The highest BCUT2D eigenvalue weighted by molar-refractivity contribution is 5.66. The molecular weight excluding hydrogens is 344 g/mol. The smallest absolute Gasteiger partial charge is 0.303 e. The first-order valence-electron chi connectivity index (χ1n) is 10.1. The standard InChI is InChI=1S/C22H36O5/c1-15-7-6-8-16(2)13-19-18(21(4,25)14-23)11-12-22(5,27-19)20(10-9-15)26-17(3)24/h7,13,18-20,23,25H,6,8-12,14H2,1-5H3/b15-7+,16-13+/t18-,19+,20-,21-,22+/m0/s1. The van der Waals surface area contributed by atoms with Crippen molar-refractivity contribution in [3.63, 3.8) is 0 Å². The molecule has 0 unspecified atom stereocenters. The number of ether oxygens (including phenoxy) is 2. The largest absolute Gasteiger partial charge is 0.459 e. The Balaban J connectivity index is 2.40. The molecule has 0 amide bonds. The lowest BCUT2D eigenvalue weighted by molar-refractivity contribution is -0.219. The van der Waals surface area contributed by atoms with Crippen molar-refractivity contribution in [2.24, 2.45) is 5.92 Å². The van der Waals surface area contributed by atoms with Gasteiger partial charge in [-0.3, -0.25) is 4.79 Å². The van der Waals surface area contributed by atoms with Crippen molar-refractivity contribution in [2.75, 3.05) is 6.61 Å². The maximum absolute atomic E-state index is 11.7. The second-order valence-electron chi connectivity index (χ2n) is 8.79. The summed E-state index contributed by atoms with van der Waals surface area (Å²) in [6.07, 6.45) is 8.51. The van der Waals surface area contributed by atoms with E-state index in [1.165, 1.54) is 18.1 Å². The molecular formula is C22H36O5. The molecule has 2 heterocycles. The van der Waals surface area contributed by atoms with Gasteiger partial charge in [-0.1, -0.05) is 23.3 Å². The van der Waals surface area contributed by atoms with Gasteiger partial charge in [-0.25, -0.2) is 0 Å².